The highest BCUT2D eigenvalue weighted by Crippen LogP contribution is 2.23. The van der Waals surface area contributed by atoms with Crippen LogP contribution in [0.1, 0.15) is 23.3 Å². The van der Waals surface area contributed by atoms with Crippen LogP contribution in [0.5, 0.6) is 0 Å². The molecule has 0 fully saturated rings. The van der Waals surface area contributed by atoms with Crippen molar-refractivity contribution in [2.45, 2.75) is 25.2 Å². The number of aliphatic hydroxyl groups excluding tert-OH is 2. The van der Waals surface area contributed by atoms with Crippen molar-refractivity contribution < 1.29 is 18.6 Å². The first-order chi connectivity index (χ1) is 7.86. The van der Waals surface area contributed by atoms with Gasteiger partial charge in [0.15, 0.2) is 9.84 Å². The van der Waals surface area contributed by atoms with Gasteiger partial charge in [0.1, 0.15) is 0 Å². The van der Waals surface area contributed by atoms with Gasteiger partial charge in [-0.2, -0.15) is 0 Å². The van der Waals surface area contributed by atoms with E-state index in [9.17, 15) is 13.5 Å². The summed E-state index contributed by atoms with van der Waals surface area (Å²) in [7, 11) is -3.45. The maximum atomic E-state index is 11.9. The van der Waals surface area contributed by atoms with E-state index in [4.69, 9.17) is 5.11 Å². The maximum Gasteiger partial charge on any atom is 0.159 e. The van der Waals surface area contributed by atoms with E-state index < -0.39 is 33.6 Å². The Hall–Kier alpha value is -0.910. The van der Waals surface area contributed by atoms with Gasteiger partial charge in [-0.15, -0.1) is 0 Å². The molecule has 0 spiro atoms. The highest BCUT2D eigenvalue weighted by atomic mass is 32.2. The van der Waals surface area contributed by atoms with Crippen LogP contribution in [0.15, 0.2) is 24.3 Å². The lowest BCUT2D eigenvalue weighted by molar-refractivity contribution is 0.112. The molecule has 0 unspecified atom stereocenters. The standard InChI is InChI=1S/C12H18O4S/c1-9-4-3-5-11(6-9)10(2)17(15,16)8-12(14)7-13/h3-6,10,12-14H,7-8H2,1-2H3/t10-,12-/m0/s1. The van der Waals surface area contributed by atoms with Crippen molar-refractivity contribution in [1.82, 2.24) is 0 Å². The number of sulfone groups is 1. The SMILES string of the molecule is Cc1cccc([C@H](C)S(=O)(=O)C[C@@H](O)CO)c1. The molecule has 1 aromatic rings. The van der Waals surface area contributed by atoms with Crippen molar-refractivity contribution in [1.29, 1.82) is 0 Å². The van der Waals surface area contributed by atoms with Gasteiger partial charge in [0.25, 0.3) is 0 Å². The number of benzene rings is 1. The molecule has 0 radical (unpaired) electrons. The monoisotopic (exact) mass is 258 g/mol. The Morgan fingerprint density at radius 2 is 2.00 bits per heavy atom. The van der Waals surface area contributed by atoms with Crippen molar-refractivity contribution >= 4 is 9.84 Å². The highest BCUT2D eigenvalue weighted by Gasteiger charge is 2.25. The summed E-state index contributed by atoms with van der Waals surface area (Å²) in [4.78, 5) is 0. The molecular formula is C12H18O4S. The molecule has 0 heterocycles. The first-order valence-electron chi connectivity index (χ1n) is 5.44. The zero-order chi connectivity index (χ0) is 13.1. The van der Waals surface area contributed by atoms with Crippen LogP contribution in [-0.4, -0.2) is 37.1 Å². The van der Waals surface area contributed by atoms with Gasteiger partial charge in [-0.25, -0.2) is 8.42 Å². The van der Waals surface area contributed by atoms with Crippen molar-refractivity contribution in [2.75, 3.05) is 12.4 Å². The van der Waals surface area contributed by atoms with E-state index in [1.54, 1.807) is 19.1 Å². The second kappa shape index (κ2) is 5.62. The van der Waals surface area contributed by atoms with Crippen LogP contribution in [0.2, 0.25) is 0 Å². The molecule has 0 saturated carbocycles. The second-order valence-corrected chi connectivity index (χ2v) is 6.59. The first-order valence-corrected chi connectivity index (χ1v) is 7.15. The molecule has 17 heavy (non-hydrogen) atoms. The molecule has 0 aliphatic carbocycles. The van der Waals surface area contributed by atoms with Crippen molar-refractivity contribution in [3.8, 4) is 0 Å². The predicted molar refractivity (Wildman–Crippen MR) is 66.5 cm³/mol. The number of hydrogen-bond donors (Lipinski definition) is 2. The predicted octanol–water partition coefficient (Wildman–Crippen LogP) is 0.824. The quantitative estimate of drug-likeness (QED) is 0.820. The van der Waals surface area contributed by atoms with Crippen molar-refractivity contribution in [3.63, 3.8) is 0 Å². The average molecular weight is 258 g/mol. The van der Waals surface area contributed by atoms with Crippen LogP contribution in [-0.2, 0) is 9.84 Å². The molecule has 0 amide bonds. The van der Waals surface area contributed by atoms with Gasteiger partial charge in [0.2, 0.25) is 0 Å². The first kappa shape index (κ1) is 14.2. The Kier molecular flexibility index (Phi) is 4.68. The molecule has 5 heteroatoms. The fraction of sp³-hybridized carbons (Fsp3) is 0.500. The fourth-order valence-electron chi connectivity index (χ4n) is 1.60. The fourth-order valence-corrected chi connectivity index (χ4v) is 3.09. The summed E-state index contributed by atoms with van der Waals surface area (Å²) in [5.74, 6) is -0.418. The Balaban J connectivity index is 2.92. The zero-order valence-electron chi connectivity index (χ0n) is 10.00. The molecule has 2 N–H and O–H groups in total. The normalized spacial score (nSPS) is 15.5. The average Bonchev–Trinajstić information content (AvgIpc) is 2.27. The van der Waals surface area contributed by atoms with Crippen molar-refractivity contribution in [3.05, 3.63) is 35.4 Å². The zero-order valence-corrected chi connectivity index (χ0v) is 10.8. The molecular weight excluding hydrogens is 240 g/mol. The van der Waals surface area contributed by atoms with E-state index in [1.165, 1.54) is 0 Å². The number of aryl methyl sites for hydroxylation is 1. The number of aliphatic hydroxyl groups is 2. The third kappa shape index (κ3) is 3.80. The Labute approximate surface area is 102 Å². The van der Waals surface area contributed by atoms with E-state index >= 15 is 0 Å². The molecule has 0 aromatic heterocycles. The van der Waals surface area contributed by atoms with Gasteiger partial charge in [0, 0.05) is 0 Å². The minimum atomic E-state index is -3.45. The lowest BCUT2D eigenvalue weighted by Gasteiger charge is -2.15. The number of hydrogen-bond acceptors (Lipinski definition) is 4. The molecule has 0 aliphatic rings. The Bertz CT molecular complexity index is 467. The molecule has 1 rings (SSSR count). The van der Waals surface area contributed by atoms with Crippen LogP contribution < -0.4 is 0 Å². The molecule has 0 bridgehead atoms. The van der Waals surface area contributed by atoms with Gasteiger partial charge in [-0.3, -0.25) is 0 Å². The van der Waals surface area contributed by atoms with Crippen LogP contribution in [0.4, 0.5) is 0 Å². The van der Waals surface area contributed by atoms with Gasteiger partial charge in [-0.05, 0) is 19.4 Å². The van der Waals surface area contributed by atoms with Crippen molar-refractivity contribution in [2.24, 2.45) is 0 Å². The van der Waals surface area contributed by atoms with E-state index in [1.807, 2.05) is 19.1 Å². The smallest absolute Gasteiger partial charge is 0.159 e. The molecule has 0 saturated heterocycles. The largest absolute Gasteiger partial charge is 0.394 e. The summed E-state index contributed by atoms with van der Waals surface area (Å²) in [6, 6.07) is 7.26. The lowest BCUT2D eigenvalue weighted by Crippen LogP contribution is -2.27. The van der Waals surface area contributed by atoms with E-state index in [0.29, 0.717) is 5.56 Å². The van der Waals surface area contributed by atoms with Crippen LogP contribution in [0.3, 0.4) is 0 Å². The summed E-state index contributed by atoms with van der Waals surface area (Å²) in [6.07, 6.45) is -1.22. The third-order valence-corrected chi connectivity index (χ3v) is 4.88. The van der Waals surface area contributed by atoms with Gasteiger partial charge in [-0.1, -0.05) is 29.8 Å². The maximum absolute atomic E-state index is 11.9. The van der Waals surface area contributed by atoms with Gasteiger partial charge < -0.3 is 10.2 Å². The van der Waals surface area contributed by atoms with Crippen LogP contribution >= 0.6 is 0 Å². The summed E-state index contributed by atoms with van der Waals surface area (Å²) in [6.45, 7) is 2.94. The van der Waals surface area contributed by atoms with E-state index in [0.717, 1.165) is 5.56 Å². The van der Waals surface area contributed by atoms with Gasteiger partial charge in [0.05, 0.1) is 23.7 Å². The molecule has 96 valence electrons. The van der Waals surface area contributed by atoms with E-state index in [2.05, 4.69) is 0 Å². The molecule has 1 aromatic carbocycles. The topological polar surface area (TPSA) is 74.6 Å². The highest BCUT2D eigenvalue weighted by molar-refractivity contribution is 7.91. The van der Waals surface area contributed by atoms with Gasteiger partial charge >= 0.3 is 0 Å². The molecule has 0 aliphatic heterocycles. The summed E-state index contributed by atoms with van der Waals surface area (Å²) < 4.78 is 23.9. The summed E-state index contributed by atoms with van der Waals surface area (Å²) in [5.41, 5.74) is 1.70. The molecule has 2 atom stereocenters. The van der Waals surface area contributed by atoms with Crippen LogP contribution in [0, 0.1) is 6.92 Å². The number of rotatable bonds is 5. The third-order valence-electron chi connectivity index (χ3n) is 2.69. The Morgan fingerprint density at radius 3 is 2.53 bits per heavy atom. The summed E-state index contributed by atoms with van der Waals surface area (Å²) in [5, 5.41) is 17.2. The Morgan fingerprint density at radius 1 is 1.35 bits per heavy atom. The second-order valence-electron chi connectivity index (χ2n) is 4.22. The lowest BCUT2D eigenvalue weighted by atomic mass is 10.1. The van der Waals surface area contributed by atoms with Crippen LogP contribution in [0.25, 0.3) is 0 Å². The minimum absolute atomic E-state index is 0.418. The molecule has 4 nitrogen and oxygen atoms in total. The van der Waals surface area contributed by atoms with E-state index in [-0.39, 0.29) is 0 Å². The summed E-state index contributed by atoms with van der Waals surface area (Å²) >= 11 is 0. The minimum Gasteiger partial charge on any atom is -0.394 e.